The quantitative estimate of drug-likeness (QED) is 0.815. The van der Waals surface area contributed by atoms with Gasteiger partial charge in [0.1, 0.15) is 0 Å². The molecule has 1 fully saturated rings. The summed E-state index contributed by atoms with van der Waals surface area (Å²) in [5.74, 6) is -1.10. The summed E-state index contributed by atoms with van der Waals surface area (Å²) in [7, 11) is 0. The minimum Gasteiger partial charge on any atom is -0.310 e. The number of thioether (sulfide) groups is 1. The number of rotatable bonds is 4. The first kappa shape index (κ1) is 15.7. The molecule has 0 aliphatic heterocycles. The average molecular weight is 303 g/mol. The van der Waals surface area contributed by atoms with Gasteiger partial charge in [0.05, 0.1) is 5.92 Å². The molecule has 1 aliphatic carbocycles. The summed E-state index contributed by atoms with van der Waals surface area (Å²) in [4.78, 5) is 1.22. The topological polar surface area (TPSA) is 12.0 Å². The first-order valence-corrected chi connectivity index (χ1v) is 8.14. The van der Waals surface area contributed by atoms with Gasteiger partial charge in [0.2, 0.25) is 0 Å². The summed E-state index contributed by atoms with van der Waals surface area (Å²) in [5, 5.41) is 3.37. The molecule has 1 aliphatic rings. The Morgan fingerprint density at radius 1 is 1.10 bits per heavy atom. The first-order valence-electron chi connectivity index (χ1n) is 6.92. The Morgan fingerprint density at radius 3 is 2.20 bits per heavy atom. The molecule has 0 unspecified atom stereocenters. The Kier molecular flexibility index (Phi) is 5.38. The molecule has 112 valence electrons. The van der Waals surface area contributed by atoms with Crippen molar-refractivity contribution < 1.29 is 13.2 Å². The first-order chi connectivity index (χ1) is 9.49. The van der Waals surface area contributed by atoms with Crippen LogP contribution in [0.5, 0.6) is 0 Å². The van der Waals surface area contributed by atoms with Crippen molar-refractivity contribution in [1.82, 2.24) is 5.32 Å². The van der Waals surface area contributed by atoms with Gasteiger partial charge in [0.25, 0.3) is 0 Å². The molecular weight excluding hydrogens is 283 g/mol. The Hall–Kier alpha value is -0.680. The highest BCUT2D eigenvalue weighted by molar-refractivity contribution is 7.98. The van der Waals surface area contributed by atoms with Gasteiger partial charge in [-0.1, -0.05) is 12.1 Å². The molecule has 20 heavy (non-hydrogen) atoms. The Labute approximate surface area is 122 Å². The predicted octanol–water partition coefficient (Wildman–Crippen LogP) is 4.62. The Bertz CT molecular complexity index is 408. The number of benzene rings is 1. The van der Waals surface area contributed by atoms with Crippen molar-refractivity contribution in [2.75, 3.05) is 6.26 Å². The smallest absolute Gasteiger partial charge is 0.310 e. The minimum atomic E-state index is -4.02. The van der Waals surface area contributed by atoms with E-state index in [4.69, 9.17) is 0 Å². The fourth-order valence-corrected chi connectivity index (χ4v) is 3.04. The fourth-order valence-electron chi connectivity index (χ4n) is 2.63. The fraction of sp³-hybridized carbons (Fsp3) is 0.600. The second kappa shape index (κ2) is 6.85. The van der Waals surface area contributed by atoms with Crippen LogP contribution in [-0.2, 0) is 6.54 Å². The summed E-state index contributed by atoms with van der Waals surface area (Å²) in [6, 6.07) is 8.50. The van der Waals surface area contributed by atoms with Crippen molar-refractivity contribution >= 4 is 11.8 Å². The van der Waals surface area contributed by atoms with E-state index in [0.717, 1.165) is 6.54 Å². The lowest BCUT2D eigenvalue weighted by atomic mass is 9.85. The van der Waals surface area contributed by atoms with Gasteiger partial charge in [-0.25, -0.2) is 0 Å². The molecule has 2 rings (SSSR count). The molecule has 0 spiro atoms. The lowest BCUT2D eigenvalue weighted by Crippen LogP contribution is -2.36. The minimum absolute atomic E-state index is 0.217. The van der Waals surface area contributed by atoms with E-state index in [1.165, 1.54) is 10.5 Å². The van der Waals surface area contributed by atoms with E-state index in [1.807, 2.05) is 6.26 Å². The lowest BCUT2D eigenvalue weighted by molar-refractivity contribution is -0.182. The van der Waals surface area contributed by atoms with Crippen LogP contribution >= 0.6 is 11.8 Å². The molecule has 5 heteroatoms. The zero-order valence-corrected chi connectivity index (χ0v) is 12.4. The maximum atomic E-state index is 12.6. The van der Waals surface area contributed by atoms with Crippen LogP contribution in [-0.4, -0.2) is 18.5 Å². The van der Waals surface area contributed by atoms with Gasteiger partial charge in [-0.15, -0.1) is 11.8 Å². The standard InChI is InChI=1S/C15H20F3NS/c1-20-14-8-2-11(3-9-14)10-19-13-6-4-12(5-7-13)15(16,17)18/h2-3,8-9,12-13,19H,4-7,10H2,1H3. The summed E-state index contributed by atoms with van der Waals surface area (Å²) in [6.07, 6.45) is -0.232. The van der Waals surface area contributed by atoms with Crippen molar-refractivity contribution in [1.29, 1.82) is 0 Å². The molecule has 0 atom stereocenters. The average Bonchev–Trinajstić information content (AvgIpc) is 2.45. The number of hydrogen-bond acceptors (Lipinski definition) is 2. The normalized spacial score (nSPS) is 23.8. The lowest BCUT2D eigenvalue weighted by Gasteiger charge is -2.30. The number of hydrogen-bond donors (Lipinski definition) is 1. The third kappa shape index (κ3) is 4.42. The van der Waals surface area contributed by atoms with Crippen molar-refractivity contribution in [2.24, 2.45) is 5.92 Å². The van der Waals surface area contributed by atoms with Gasteiger partial charge in [0, 0.05) is 17.5 Å². The van der Waals surface area contributed by atoms with Gasteiger partial charge in [-0.05, 0) is 49.6 Å². The molecule has 0 aromatic heterocycles. The van der Waals surface area contributed by atoms with Crippen molar-refractivity contribution in [3.05, 3.63) is 29.8 Å². The molecule has 1 aromatic rings. The summed E-state index contributed by atoms with van der Waals surface area (Å²) >= 11 is 1.70. The summed E-state index contributed by atoms with van der Waals surface area (Å²) < 4.78 is 37.7. The molecule has 0 amide bonds. The van der Waals surface area contributed by atoms with Gasteiger partial charge in [-0.2, -0.15) is 13.2 Å². The van der Waals surface area contributed by atoms with Gasteiger partial charge in [0.15, 0.2) is 0 Å². The largest absolute Gasteiger partial charge is 0.391 e. The summed E-state index contributed by atoms with van der Waals surface area (Å²) in [5.41, 5.74) is 1.18. The summed E-state index contributed by atoms with van der Waals surface area (Å²) in [6.45, 7) is 0.732. The van der Waals surface area contributed by atoms with E-state index in [9.17, 15) is 13.2 Å². The molecule has 1 aromatic carbocycles. The molecule has 1 saturated carbocycles. The zero-order chi connectivity index (χ0) is 14.6. The Balaban J connectivity index is 1.75. The predicted molar refractivity (Wildman–Crippen MR) is 76.9 cm³/mol. The highest BCUT2D eigenvalue weighted by Gasteiger charge is 2.41. The van der Waals surface area contributed by atoms with Crippen LogP contribution in [0, 0.1) is 5.92 Å². The van der Waals surface area contributed by atoms with Gasteiger partial charge >= 0.3 is 6.18 Å². The van der Waals surface area contributed by atoms with Gasteiger partial charge in [-0.3, -0.25) is 0 Å². The van der Waals surface area contributed by atoms with Crippen LogP contribution in [0.15, 0.2) is 29.2 Å². The van der Waals surface area contributed by atoms with E-state index < -0.39 is 12.1 Å². The highest BCUT2D eigenvalue weighted by Crippen LogP contribution is 2.37. The number of nitrogens with one attached hydrogen (secondary N) is 1. The van der Waals surface area contributed by atoms with E-state index in [1.54, 1.807) is 11.8 Å². The molecule has 0 radical (unpaired) electrons. The second-order valence-electron chi connectivity index (χ2n) is 5.32. The maximum Gasteiger partial charge on any atom is 0.391 e. The number of alkyl halides is 3. The van der Waals surface area contributed by atoms with Crippen LogP contribution in [0.25, 0.3) is 0 Å². The SMILES string of the molecule is CSc1ccc(CNC2CCC(C(F)(F)F)CC2)cc1. The van der Waals surface area contributed by atoms with Crippen LogP contribution in [0.2, 0.25) is 0 Å². The second-order valence-corrected chi connectivity index (χ2v) is 6.20. The molecular formula is C15H20F3NS. The van der Waals surface area contributed by atoms with Crippen molar-refractivity contribution in [2.45, 2.75) is 49.3 Å². The molecule has 1 N–H and O–H groups in total. The molecule has 0 bridgehead atoms. The van der Waals surface area contributed by atoms with E-state index in [0.29, 0.717) is 12.8 Å². The third-order valence-corrected chi connectivity index (χ3v) is 4.69. The van der Waals surface area contributed by atoms with Crippen molar-refractivity contribution in [3.63, 3.8) is 0 Å². The van der Waals surface area contributed by atoms with E-state index in [-0.39, 0.29) is 18.9 Å². The van der Waals surface area contributed by atoms with Gasteiger partial charge < -0.3 is 5.32 Å². The van der Waals surface area contributed by atoms with Crippen LogP contribution in [0.4, 0.5) is 13.2 Å². The van der Waals surface area contributed by atoms with Crippen LogP contribution < -0.4 is 5.32 Å². The molecule has 0 heterocycles. The highest BCUT2D eigenvalue weighted by atomic mass is 32.2. The maximum absolute atomic E-state index is 12.6. The zero-order valence-electron chi connectivity index (χ0n) is 11.5. The Morgan fingerprint density at radius 2 is 1.70 bits per heavy atom. The van der Waals surface area contributed by atoms with E-state index >= 15 is 0 Å². The molecule has 1 nitrogen and oxygen atoms in total. The third-order valence-electron chi connectivity index (χ3n) is 3.94. The molecule has 0 saturated heterocycles. The van der Waals surface area contributed by atoms with Crippen LogP contribution in [0.1, 0.15) is 31.2 Å². The monoisotopic (exact) mass is 303 g/mol. The van der Waals surface area contributed by atoms with E-state index in [2.05, 4.69) is 29.6 Å². The number of halogens is 3. The van der Waals surface area contributed by atoms with Crippen LogP contribution in [0.3, 0.4) is 0 Å². The van der Waals surface area contributed by atoms with Crippen molar-refractivity contribution in [3.8, 4) is 0 Å².